The normalized spacial score (nSPS) is 13.9. The van der Waals surface area contributed by atoms with Crippen molar-refractivity contribution >= 4 is 40.2 Å². The molecule has 3 heterocycles. The van der Waals surface area contributed by atoms with Gasteiger partial charge in [0.05, 0.1) is 18.0 Å². The molecule has 4 aromatic rings. The zero-order valence-corrected chi connectivity index (χ0v) is 20.2. The molecule has 1 aliphatic heterocycles. The first-order valence-electron chi connectivity index (χ1n) is 12.1. The highest BCUT2D eigenvalue weighted by molar-refractivity contribution is 6.02. The lowest BCUT2D eigenvalue weighted by molar-refractivity contribution is 0.101. The molecule has 0 saturated carbocycles. The van der Waals surface area contributed by atoms with E-state index < -0.39 is 0 Å². The Kier molecular flexibility index (Phi) is 6.86. The Morgan fingerprint density at radius 1 is 0.861 bits per heavy atom. The van der Waals surface area contributed by atoms with Crippen LogP contribution in [0.15, 0.2) is 85.2 Å². The van der Waals surface area contributed by atoms with E-state index in [9.17, 15) is 9.90 Å². The fraction of sp³-hybridized carbons (Fsp3) is 0.214. The van der Waals surface area contributed by atoms with Crippen molar-refractivity contribution in [1.82, 2.24) is 9.55 Å². The molecule has 2 aromatic carbocycles. The van der Waals surface area contributed by atoms with Gasteiger partial charge < -0.3 is 30.5 Å². The van der Waals surface area contributed by atoms with Gasteiger partial charge in [-0.05, 0) is 85.6 Å². The minimum atomic E-state index is -0.195. The molecule has 4 N–H and O–H groups in total. The summed E-state index contributed by atoms with van der Waals surface area (Å²) in [5, 5.41) is 19.3. The van der Waals surface area contributed by atoms with Gasteiger partial charge >= 0.3 is 0 Å². The van der Waals surface area contributed by atoms with Gasteiger partial charge in [0.2, 0.25) is 0 Å². The summed E-state index contributed by atoms with van der Waals surface area (Å²) in [6, 6.07) is 23.7. The number of amides is 1. The van der Waals surface area contributed by atoms with E-state index in [0.29, 0.717) is 11.5 Å². The Hall–Kier alpha value is -4.30. The highest BCUT2D eigenvalue weighted by Crippen LogP contribution is 2.25. The molecule has 5 rings (SSSR count). The number of aliphatic hydroxyl groups excluding tert-OH is 1. The fourth-order valence-corrected chi connectivity index (χ4v) is 4.27. The maximum absolute atomic E-state index is 12.3. The largest absolute Gasteiger partial charge is 0.393 e. The highest BCUT2D eigenvalue weighted by atomic mass is 16.3. The topological polar surface area (TPSA) is 94.5 Å². The second-order valence-corrected chi connectivity index (χ2v) is 8.98. The summed E-state index contributed by atoms with van der Waals surface area (Å²) in [6.07, 6.45) is 5.01. The van der Waals surface area contributed by atoms with Crippen LogP contribution in [0.2, 0.25) is 0 Å². The van der Waals surface area contributed by atoms with Crippen LogP contribution in [0.25, 0.3) is 0 Å². The Labute approximate surface area is 210 Å². The molecule has 0 unspecified atom stereocenters. The number of carbonyl (C=O) groups excluding carboxylic acids is 1. The highest BCUT2D eigenvalue weighted by Gasteiger charge is 2.17. The molecule has 1 amide bonds. The summed E-state index contributed by atoms with van der Waals surface area (Å²) >= 11 is 0. The van der Waals surface area contributed by atoms with Gasteiger partial charge in [0.15, 0.2) is 0 Å². The SMILES string of the molecule is Cn1cccc1C(=O)Nc1ccc(Nc2ccc(Nc3ccc(N4CCC(O)CC4)cc3)cc2)cn1. The Balaban J connectivity index is 1.14. The van der Waals surface area contributed by atoms with Gasteiger partial charge in [0.1, 0.15) is 11.5 Å². The summed E-state index contributed by atoms with van der Waals surface area (Å²) in [5.74, 6) is 0.301. The molecule has 1 aliphatic rings. The van der Waals surface area contributed by atoms with E-state index in [2.05, 4.69) is 50.1 Å². The van der Waals surface area contributed by atoms with Crippen molar-refractivity contribution in [3.05, 3.63) is 90.9 Å². The second kappa shape index (κ2) is 10.5. The lowest BCUT2D eigenvalue weighted by Gasteiger charge is -2.31. The Morgan fingerprint density at radius 2 is 1.44 bits per heavy atom. The van der Waals surface area contributed by atoms with Crippen LogP contribution in [0.4, 0.5) is 34.3 Å². The molecule has 8 heteroatoms. The molecular weight excluding hydrogens is 452 g/mol. The van der Waals surface area contributed by atoms with Crippen molar-refractivity contribution in [2.75, 3.05) is 33.9 Å². The number of anilines is 6. The van der Waals surface area contributed by atoms with Crippen LogP contribution in [-0.4, -0.2) is 39.8 Å². The van der Waals surface area contributed by atoms with Crippen LogP contribution in [0.1, 0.15) is 23.3 Å². The van der Waals surface area contributed by atoms with E-state index in [-0.39, 0.29) is 12.0 Å². The third-order valence-electron chi connectivity index (χ3n) is 6.34. The molecule has 0 aliphatic carbocycles. The van der Waals surface area contributed by atoms with E-state index in [0.717, 1.165) is 48.7 Å². The van der Waals surface area contributed by atoms with Crippen molar-refractivity contribution in [3.63, 3.8) is 0 Å². The summed E-state index contributed by atoms with van der Waals surface area (Å²) in [4.78, 5) is 19.0. The standard InChI is InChI=1S/C28H30N6O2/c1-33-16-2-3-26(33)28(36)32-27-13-10-23(19-29-27)31-21-6-4-20(5-7-21)30-22-8-11-24(12-9-22)34-17-14-25(35)15-18-34/h2-13,16,19,25,30-31,35H,14-15,17-18H2,1H3,(H,29,32,36). The van der Waals surface area contributed by atoms with Crippen molar-refractivity contribution < 1.29 is 9.90 Å². The Morgan fingerprint density at radius 3 is 2.00 bits per heavy atom. The number of pyridine rings is 1. The molecule has 0 bridgehead atoms. The number of nitrogens with one attached hydrogen (secondary N) is 3. The first kappa shape index (κ1) is 23.4. The van der Waals surface area contributed by atoms with Crippen LogP contribution in [-0.2, 0) is 7.05 Å². The van der Waals surface area contributed by atoms with Gasteiger partial charge in [-0.25, -0.2) is 4.98 Å². The smallest absolute Gasteiger partial charge is 0.273 e. The quantitative estimate of drug-likeness (QED) is 0.292. The minimum absolute atomic E-state index is 0.164. The van der Waals surface area contributed by atoms with Crippen LogP contribution in [0.5, 0.6) is 0 Å². The number of hydrogen-bond donors (Lipinski definition) is 4. The number of nitrogens with zero attached hydrogens (tertiary/aromatic N) is 3. The van der Waals surface area contributed by atoms with Crippen molar-refractivity contribution in [3.8, 4) is 0 Å². The summed E-state index contributed by atoms with van der Waals surface area (Å²) < 4.78 is 1.77. The van der Waals surface area contributed by atoms with Gasteiger partial charge in [0.25, 0.3) is 5.91 Å². The number of hydrogen-bond acceptors (Lipinski definition) is 6. The van der Waals surface area contributed by atoms with Crippen molar-refractivity contribution in [2.45, 2.75) is 18.9 Å². The molecule has 36 heavy (non-hydrogen) atoms. The Bertz CT molecular complexity index is 1290. The monoisotopic (exact) mass is 482 g/mol. The third-order valence-corrected chi connectivity index (χ3v) is 6.34. The van der Waals surface area contributed by atoms with Gasteiger partial charge in [-0.15, -0.1) is 0 Å². The first-order valence-corrected chi connectivity index (χ1v) is 12.1. The first-order chi connectivity index (χ1) is 17.5. The zero-order valence-electron chi connectivity index (χ0n) is 20.2. The molecule has 0 atom stereocenters. The van der Waals surface area contributed by atoms with Crippen LogP contribution < -0.4 is 20.9 Å². The van der Waals surface area contributed by atoms with E-state index in [4.69, 9.17) is 0 Å². The number of rotatable bonds is 7. The van der Waals surface area contributed by atoms with Gasteiger partial charge in [0, 0.05) is 49.1 Å². The second-order valence-electron chi connectivity index (χ2n) is 8.98. The number of aryl methyl sites for hydroxylation is 1. The average molecular weight is 483 g/mol. The van der Waals surface area contributed by atoms with Gasteiger partial charge in [-0.3, -0.25) is 4.79 Å². The predicted octanol–water partition coefficient (Wildman–Crippen LogP) is 5.12. The van der Waals surface area contributed by atoms with Crippen LogP contribution >= 0.6 is 0 Å². The van der Waals surface area contributed by atoms with Gasteiger partial charge in [-0.1, -0.05) is 0 Å². The summed E-state index contributed by atoms with van der Waals surface area (Å²) in [6.45, 7) is 1.78. The predicted molar refractivity (Wildman–Crippen MR) is 145 cm³/mol. The molecule has 8 nitrogen and oxygen atoms in total. The van der Waals surface area contributed by atoms with E-state index in [1.807, 2.05) is 49.6 Å². The van der Waals surface area contributed by atoms with Crippen LogP contribution in [0.3, 0.4) is 0 Å². The van der Waals surface area contributed by atoms with Crippen molar-refractivity contribution in [1.29, 1.82) is 0 Å². The number of benzene rings is 2. The maximum Gasteiger partial charge on any atom is 0.273 e. The molecule has 0 spiro atoms. The lowest BCUT2D eigenvalue weighted by Crippen LogP contribution is -2.35. The van der Waals surface area contributed by atoms with E-state index in [1.165, 1.54) is 5.69 Å². The van der Waals surface area contributed by atoms with E-state index >= 15 is 0 Å². The zero-order chi connectivity index (χ0) is 24.9. The summed E-state index contributed by atoms with van der Waals surface area (Å²) in [7, 11) is 1.83. The molecule has 2 aromatic heterocycles. The third kappa shape index (κ3) is 5.67. The van der Waals surface area contributed by atoms with Crippen molar-refractivity contribution in [2.24, 2.45) is 7.05 Å². The molecule has 1 saturated heterocycles. The minimum Gasteiger partial charge on any atom is -0.393 e. The lowest BCUT2D eigenvalue weighted by atomic mass is 10.1. The molecular formula is C28H30N6O2. The van der Waals surface area contributed by atoms with E-state index in [1.54, 1.807) is 22.9 Å². The number of aliphatic hydroxyl groups is 1. The number of carbonyl (C=O) groups is 1. The molecule has 0 radical (unpaired) electrons. The summed E-state index contributed by atoms with van der Waals surface area (Å²) in [5.41, 5.74) is 5.54. The number of piperidine rings is 1. The molecule has 1 fully saturated rings. The maximum atomic E-state index is 12.3. The van der Waals surface area contributed by atoms with Gasteiger partial charge in [-0.2, -0.15) is 0 Å². The van der Waals surface area contributed by atoms with Crippen LogP contribution in [0, 0.1) is 0 Å². The fourth-order valence-electron chi connectivity index (χ4n) is 4.27. The average Bonchev–Trinajstić information content (AvgIpc) is 3.33. The number of aromatic nitrogens is 2. The molecule has 184 valence electrons.